The van der Waals surface area contributed by atoms with Gasteiger partial charge in [-0.25, -0.2) is 4.98 Å². The van der Waals surface area contributed by atoms with Gasteiger partial charge in [-0.05, 0) is 12.8 Å². The van der Waals surface area contributed by atoms with Crippen molar-refractivity contribution in [2.45, 2.75) is 25.8 Å². The molecule has 0 unspecified atom stereocenters. The number of piperidine rings is 1. The summed E-state index contributed by atoms with van der Waals surface area (Å²) in [5, 5.41) is 2.72. The van der Waals surface area contributed by atoms with Gasteiger partial charge >= 0.3 is 5.97 Å². The highest BCUT2D eigenvalue weighted by Crippen LogP contribution is 2.19. The Morgan fingerprint density at radius 1 is 1.50 bits per heavy atom. The van der Waals surface area contributed by atoms with E-state index in [4.69, 9.17) is 10.5 Å². The number of hydrogen-bond acceptors (Lipinski definition) is 6. The van der Waals surface area contributed by atoms with Gasteiger partial charge in [0.15, 0.2) is 0 Å². The molecule has 110 valence electrons. The largest absolute Gasteiger partial charge is 0.469 e. The first-order valence-corrected chi connectivity index (χ1v) is 7.51. The molecule has 20 heavy (non-hydrogen) atoms. The van der Waals surface area contributed by atoms with E-state index in [9.17, 15) is 9.59 Å². The lowest BCUT2D eigenvalue weighted by Gasteiger charge is -2.30. The molecule has 0 saturated carbocycles. The zero-order chi connectivity index (χ0) is 14.5. The molecule has 1 aromatic rings. The van der Waals surface area contributed by atoms with Gasteiger partial charge in [-0.2, -0.15) is 0 Å². The number of rotatable bonds is 4. The maximum Gasteiger partial charge on any atom is 0.308 e. The number of likely N-dealkylation sites (tertiary alicyclic amines) is 1. The van der Waals surface area contributed by atoms with Crippen LogP contribution in [0.4, 0.5) is 0 Å². The summed E-state index contributed by atoms with van der Waals surface area (Å²) in [6.07, 6.45) is 1.65. The molecular formula is C13H19N3O3S. The number of amides is 1. The highest BCUT2D eigenvalue weighted by atomic mass is 32.1. The van der Waals surface area contributed by atoms with Crippen molar-refractivity contribution in [1.82, 2.24) is 9.88 Å². The van der Waals surface area contributed by atoms with Crippen LogP contribution in [0.1, 0.15) is 23.5 Å². The maximum atomic E-state index is 12.2. The lowest BCUT2D eigenvalue weighted by Crippen LogP contribution is -2.41. The van der Waals surface area contributed by atoms with Crippen molar-refractivity contribution in [3.05, 3.63) is 16.1 Å². The Kier molecular flexibility index (Phi) is 5.08. The fraction of sp³-hybridized carbons (Fsp3) is 0.615. The van der Waals surface area contributed by atoms with Gasteiger partial charge in [-0.1, -0.05) is 0 Å². The molecule has 1 aliphatic rings. The number of esters is 1. The SMILES string of the molecule is COC(=O)C1CCN(C(=O)Cc2csc(CN)n2)CC1. The summed E-state index contributed by atoms with van der Waals surface area (Å²) in [5.74, 6) is -0.196. The van der Waals surface area contributed by atoms with E-state index in [1.807, 2.05) is 5.38 Å². The van der Waals surface area contributed by atoms with Crippen LogP contribution in [-0.4, -0.2) is 42.0 Å². The molecule has 7 heteroatoms. The monoisotopic (exact) mass is 297 g/mol. The highest BCUT2D eigenvalue weighted by molar-refractivity contribution is 7.09. The van der Waals surface area contributed by atoms with E-state index in [-0.39, 0.29) is 17.8 Å². The van der Waals surface area contributed by atoms with Gasteiger partial charge in [0.25, 0.3) is 0 Å². The first-order valence-electron chi connectivity index (χ1n) is 6.63. The lowest BCUT2D eigenvalue weighted by molar-refractivity contribution is -0.148. The van der Waals surface area contributed by atoms with Gasteiger partial charge < -0.3 is 15.4 Å². The summed E-state index contributed by atoms with van der Waals surface area (Å²) in [6.45, 7) is 1.61. The van der Waals surface area contributed by atoms with Gasteiger partial charge in [-0.15, -0.1) is 11.3 Å². The second-order valence-corrected chi connectivity index (χ2v) is 5.73. The fourth-order valence-corrected chi connectivity index (χ4v) is 3.00. The zero-order valence-electron chi connectivity index (χ0n) is 11.5. The van der Waals surface area contributed by atoms with Gasteiger partial charge in [-0.3, -0.25) is 9.59 Å². The average molecular weight is 297 g/mol. The van der Waals surface area contributed by atoms with Crippen molar-refractivity contribution in [2.24, 2.45) is 11.7 Å². The van der Waals surface area contributed by atoms with Crippen LogP contribution in [0.3, 0.4) is 0 Å². The van der Waals surface area contributed by atoms with Gasteiger partial charge in [0.2, 0.25) is 5.91 Å². The van der Waals surface area contributed by atoms with Crippen molar-refractivity contribution in [3.8, 4) is 0 Å². The number of nitrogens with two attached hydrogens (primary N) is 1. The summed E-state index contributed by atoms with van der Waals surface area (Å²) in [7, 11) is 1.40. The summed E-state index contributed by atoms with van der Waals surface area (Å²) in [4.78, 5) is 29.7. The maximum absolute atomic E-state index is 12.2. The number of aromatic nitrogens is 1. The van der Waals surface area contributed by atoms with Crippen molar-refractivity contribution in [1.29, 1.82) is 0 Å². The molecule has 0 aromatic carbocycles. The Labute approximate surface area is 121 Å². The predicted octanol–water partition coefficient (Wildman–Crippen LogP) is 0.556. The lowest BCUT2D eigenvalue weighted by atomic mass is 9.97. The quantitative estimate of drug-likeness (QED) is 0.821. The molecule has 2 N–H and O–H groups in total. The molecular weight excluding hydrogens is 278 g/mol. The van der Waals surface area contributed by atoms with Crippen LogP contribution >= 0.6 is 11.3 Å². The minimum Gasteiger partial charge on any atom is -0.469 e. The van der Waals surface area contributed by atoms with E-state index < -0.39 is 0 Å². The third-order valence-corrected chi connectivity index (χ3v) is 4.41. The standard InChI is InChI=1S/C13H19N3O3S/c1-19-13(18)9-2-4-16(5-3-9)12(17)6-10-8-20-11(7-14)15-10/h8-9H,2-7,14H2,1H3. The highest BCUT2D eigenvalue weighted by Gasteiger charge is 2.27. The molecule has 0 spiro atoms. The van der Waals surface area contributed by atoms with E-state index in [1.165, 1.54) is 18.4 Å². The van der Waals surface area contributed by atoms with Gasteiger partial charge in [0.1, 0.15) is 5.01 Å². The smallest absolute Gasteiger partial charge is 0.308 e. The summed E-state index contributed by atoms with van der Waals surface area (Å²) in [6, 6.07) is 0. The van der Waals surface area contributed by atoms with Crippen molar-refractivity contribution < 1.29 is 14.3 Å². The van der Waals surface area contributed by atoms with Gasteiger partial charge in [0.05, 0.1) is 25.1 Å². The van der Waals surface area contributed by atoms with Gasteiger partial charge in [0, 0.05) is 25.0 Å². The molecule has 0 bridgehead atoms. The Balaban J connectivity index is 1.84. The van der Waals surface area contributed by atoms with E-state index >= 15 is 0 Å². The molecule has 1 fully saturated rings. The van der Waals surface area contributed by atoms with E-state index in [0.717, 1.165) is 10.7 Å². The fourth-order valence-electron chi connectivity index (χ4n) is 2.32. The average Bonchev–Trinajstić information content (AvgIpc) is 2.94. The van der Waals surface area contributed by atoms with Crippen LogP contribution in [-0.2, 0) is 27.3 Å². The molecule has 1 aromatic heterocycles. The van der Waals surface area contributed by atoms with Crippen LogP contribution in [0.5, 0.6) is 0 Å². The number of nitrogens with zero attached hydrogens (tertiary/aromatic N) is 2. The summed E-state index contributed by atoms with van der Waals surface area (Å²) >= 11 is 1.48. The normalized spacial score (nSPS) is 16.2. The number of carbonyl (C=O) groups excluding carboxylic acids is 2. The number of ether oxygens (including phenoxy) is 1. The molecule has 0 aliphatic carbocycles. The van der Waals surface area contributed by atoms with Crippen molar-refractivity contribution in [2.75, 3.05) is 20.2 Å². The molecule has 0 radical (unpaired) electrons. The predicted molar refractivity (Wildman–Crippen MR) is 75.0 cm³/mol. The minimum absolute atomic E-state index is 0.0576. The van der Waals surface area contributed by atoms with Crippen LogP contribution < -0.4 is 5.73 Å². The number of hydrogen-bond donors (Lipinski definition) is 1. The molecule has 1 amide bonds. The Morgan fingerprint density at radius 2 is 2.20 bits per heavy atom. The van der Waals surface area contributed by atoms with E-state index in [1.54, 1.807) is 4.90 Å². The molecule has 1 saturated heterocycles. The van der Waals surface area contributed by atoms with Crippen LogP contribution in [0.25, 0.3) is 0 Å². The Bertz CT molecular complexity index is 481. The zero-order valence-corrected chi connectivity index (χ0v) is 12.3. The molecule has 6 nitrogen and oxygen atoms in total. The summed E-state index contributed by atoms with van der Waals surface area (Å²) in [5.41, 5.74) is 6.28. The molecule has 2 heterocycles. The Hall–Kier alpha value is -1.47. The third kappa shape index (κ3) is 3.55. The summed E-state index contributed by atoms with van der Waals surface area (Å²) < 4.78 is 4.73. The van der Waals surface area contributed by atoms with Crippen LogP contribution in [0.15, 0.2) is 5.38 Å². The topological polar surface area (TPSA) is 85.5 Å². The first kappa shape index (κ1) is 14.9. The third-order valence-electron chi connectivity index (χ3n) is 3.49. The first-order chi connectivity index (χ1) is 9.63. The van der Waals surface area contributed by atoms with Crippen LogP contribution in [0.2, 0.25) is 0 Å². The van der Waals surface area contributed by atoms with Crippen molar-refractivity contribution >= 4 is 23.2 Å². The molecule has 2 rings (SSSR count). The number of thiazole rings is 1. The molecule has 1 aliphatic heterocycles. The second kappa shape index (κ2) is 6.81. The minimum atomic E-state index is -0.177. The van der Waals surface area contributed by atoms with E-state index in [2.05, 4.69) is 4.98 Å². The van der Waals surface area contributed by atoms with Crippen LogP contribution in [0, 0.1) is 5.92 Å². The second-order valence-electron chi connectivity index (χ2n) is 4.79. The Morgan fingerprint density at radius 3 is 2.75 bits per heavy atom. The number of methoxy groups -OCH3 is 1. The van der Waals surface area contributed by atoms with E-state index in [0.29, 0.717) is 38.9 Å². The van der Waals surface area contributed by atoms with Crippen molar-refractivity contribution in [3.63, 3.8) is 0 Å². The number of carbonyl (C=O) groups is 2. The molecule has 0 atom stereocenters.